The van der Waals surface area contributed by atoms with Crippen LogP contribution < -0.4 is 15.4 Å². The van der Waals surface area contributed by atoms with Crippen molar-refractivity contribution in [1.82, 2.24) is 5.32 Å². The smallest absolute Gasteiger partial charge is 0.256 e. The Morgan fingerprint density at radius 2 is 1.85 bits per heavy atom. The van der Waals surface area contributed by atoms with E-state index in [1.54, 1.807) is 24.3 Å². The molecule has 7 nitrogen and oxygen atoms in total. The Labute approximate surface area is 205 Å². The summed E-state index contributed by atoms with van der Waals surface area (Å²) < 4.78 is 6.97. The van der Waals surface area contributed by atoms with Gasteiger partial charge < -0.3 is 10.1 Å². The molecule has 0 saturated carbocycles. The number of anilines is 1. The van der Waals surface area contributed by atoms with Crippen LogP contribution in [0.3, 0.4) is 0 Å². The van der Waals surface area contributed by atoms with E-state index in [1.165, 1.54) is 0 Å². The van der Waals surface area contributed by atoms with Gasteiger partial charge >= 0.3 is 0 Å². The highest BCUT2D eigenvalue weighted by Gasteiger charge is 2.68. The first-order valence-electron chi connectivity index (χ1n) is 11.1. The van der Waals surface area contributed by atoms with Crippen LogP contribution in [0.15, 0.2) is 71.2 Å². The number of fused-ring (bicyclic) bond motifs is 2. The number of aryl methyl sites for hydroxylation is 1. The van der Waals surface area contributed by atoms with Gasteiger partial charge in [0.2, 0.25) is 0 Å². The number of halogens is 1. The normalized spacial score (nSPS) is 25.3. The molecule has 2 aliphatic rings. The standard InChI is InChI=1S/C26H24BrN3O4/c1-15-7-9-17(10-8-15)14-34-22-12-11-18(27)13-19(22)23-16(2)29-26(24(23)30(32)33)20-5-3-4-6-21(20)28-25(26)31/h3-13,16,23-24,29H,14H2,1-2H3,(H,28,31)/t16-,23-,24-,26+/m0/s1. The zero-order valence-electron chi connectivity index (χ0n) is 18.7. The molecule has 3 aromatic rings. The van der Waals surface area contributed by atoms with Crippen molar-refractivity contribution < 1.29 is 14.5 Å². The van der Waals surface area contributed by atoms with Crippen molar-refractivity contribution >= 4 is 27.5 Å². The van der Waals surface area contributed by atoms with Crippen molar-refractivity contribution in [3.63, 3.8) is 0 Å². The lowest BCUT2D eigenvalue weighted by atomic mass is 9.78. The van der Waals surface area contributed by atoms with Crippen molar-refractivity contribution in [2.45, 2.75) is 44.0 Å². The molecule has 4 atom stereocenters. The summed E-state index contributed by atoms with van der Waals surface area (Å²) >= 11 is 3.51. The largest absolute Gasteiger partial charge is 0.489 e. The Kier molecular flexibility index (Phi) is 5.65. The van der Waals surface area contributed by atoms with Gasteiger partial charge in [-0.3, -0.25) is 20.2 Å². The summed E-state index contributed by atoms with van der Waals surface area (Å²) in [6.07, 6.45) is 0. The number of ether oxygens (including phenoxy) is 1. The predicted molar refractivity (Wildman–Crippen MR) is 133 cm³/mol. The molecule has 1 amide bonds. The van der Waals surface area contributed by atoms with Crippen LogP contribution in [0, 0.1) is 17.0 Å². The summed E-state index contributed by atoms with van der Waals surface area (Å²) in [6, 6.07) is 19.2. The van der Waals surface area contributed by atoms with Crippen molar-refractivity contribution in [1.29, 1.82) is 0 Å². The number of benzene rings is 3. The van der Waals surface area contributed by atoms with Gasteiger partial charge in [0.25, 0.3) is 11.9 Å². The number of amides is 1. The van der Waals surface area contributed by atoms with E-state index in [9.17, 15) is 14.9 Å². The van der Waals surface area contributed by atoms with Gasteiger partial charge in [-0.15, -0.1) is 0 Å². The van der Waals surface area contributed by atoms with Crippen LogP contribution in [-0.4, -0.2) is 22.9 Å². The first-order valence-corrected chi connectivity index (χ1v) is 11.9. The SMILES string of the molecule is Cc1ccc(COc2ccc(Br)cc2[C@@H]2[C@H](C)N[C@@]3(C(=O)Nc4ccccc43)[C@H]2[N+](=O)[O-])cc1. The topological polar surface area (TPSA) is 93.5 Å². The molecule has 1 fully saturated rings. The molecule has 2 N–H and O–H groups in total. The predicted octanol–water partition coefficient (Wildman–Crippen LogP) is 4.90. The average Bonchev–Trinajstić information content (AvgIpc) is 3.27. The van der Waals surface area contributed by atoms with Gasteiger partial charge in [0.15, 0.2) is 5.54 Å². The molecule has 0 unspecified atom stereocenters. The molecule has 0 radical (unpaired) electrons. The molecule has 2 heterocycles. The van der Waals surface area contributed by atoms with Gasteiger partial charge in [-0.05, 0) is 43.7 Å². The van der Waals surface area contributed by atoms with Crippen LogP contribution in [-0.2, 0) is 16.9 Å². The van der Waals surface area contributed by atoms with Crippen molar-refractivity contribution in [2.24, 2.45) is 0 Å². The highest BCUT2D eigenvalue weighted by molar-refractivity contribution is 9.10. The zero-order chi connectivity index (χ0) is 24.0. The van der Waals surface area contributed by atoms with E-state index in [0.717, 1.165) is 15.6 Å². The fourth-order valence-electron chi connectivity index (χ4n) is 5.28. The van der Waals surface area contributed by atoms with Crippen molar-refractivity contribution in [3.05, 3.63) is 104 Å². The zero-order valence-corrected chi connectivity index (χ0v) is 20.3. The summed E-state index contributed by atoms with van der Waals surface area (Å²) in [6.45, 7) is 4.24. The molecule has 1 saturated heterocycles. The third-order valence-corrected chi connectivity index (χ3v) is 7.30. The minimum Gasteiger partial charge on any atom is -0.489 e. The fraction of sp³-hybridized carbons (Fsp3) is 0.269. The van der Waals surface area contributed by atoms with Crippen LogP contribution in [0.1, 0.15) is 35.1 Å². The van der Waals surface area contributed by atoms with E-state index in [2.05, 4.69) is 26.6 Å². The maximum absolute atomic E-state index is 13.3. The minimum atomic E-state index is -1.46. The number of rotatable bonds is 5. The van der Waals surface area contributed by atoms with Crippen LogP contribution in [0.5, 0.6) is 5.75 Å². The molecule has 0 aromatic heterocycles. The number of carbonyl (C=O) groups excluding carboxylic acids is 1. The number of nitrogens with zero attached hydrogens (tertiary/aromatic N) is 1. The molecule has 174 valence electrons. The van der Waals surface area contributed by atoms with E-state index in [-0.39, 0.29) is 11.0 Å². The Bertz CT molecular complexity index is 1280. The van der Waals surface area contributed by atoms with E-state index < -0.39 is 23.4 Å². The molecule has 8 heteroatoms. The number of nitrogens with one attached hydrogen (secondary N) is 2. The maximum Gasteiger partial charge on any atom is 0.256 e. The van der Waals surface area contributed by atoms with Gasteiger partial charge in [0, 0.05) is 32.3 Å². The summed E-state index contributed by atoms with van der Waals surface area (Å²) in [5.41, 5.74) is 2.60. The Balaban J connectivity index is 1.57. The van der Waals surface area contributed by atoms with Gasteiger partial charge in [0.1, 0.15) is 12.4 Å². The fourth-order valence-corrected chi connectivity index (χ4v) is 5.66. The Morgan fingerprint density at radius 1 is 1.12 bits per heavy atom. The quantitative estimate of drug-likeness (QED) is 0.367. The average molecular weight is 522 g/mol. The lowest BCUT2D eigenvalue weighted by molar-refractivity contribution is -0.532. The van der Waals surface area contributed by atoms with E-state index in [1.807, 2.05) is 56.3 Å². The lowest BCUT2D eigenvalue weighted by Gasteiger charge is -2.26. The Hall–Kier alpha value is -3.23. The first-order chi connectivity index (χ1) is 16.3. The van der Waals surface area contributed by atoms with Gasteiger partial charge in [0.05, 0.1) is 5.92 Å². The van der Waals surface area contributed by atoms with Crippen molar-refractivity contribution in [3.8, 4) is 5.75 Å². The molecule has 1 spiro atoms. The number of hydrogen-bond acceptors (Lipinski definition) is 5. The van der Waals surface area contributed by atoms with E-state index in [4.69, 9.17) is 4.74 Å². The second-order valence-corrected chi connectivity index (χ2v) is 9.87. The van der Waals surface area contributed by atoms with Gasteiger partial charge in [-0.25, -0.2) is 0 Å². The third kappa shape index (κ3) is 3.58. The summed E-state index contributed by atoms with van der Waals surface area (Å²) in [5, 5.41) is 18.7. The highest BCUT2D eigenvalue weighted by Crippen LogP contribution is 2.51. The summed E-state index contributed by atoms with van der Waals surface area (Å²) in [5.74, 6) is -0.433. The molecular formula is C26H24BrN3O4. The molecule has 34 heavy (non-hydrogen) atoms. The number of carbonyl (C=O) groups is 1. The second kappa shape index (κ2) is 8.52. The number of nitro groups is 1. The molecular weight excluding hydrogens is 498 g/mol. The van der Waals surface area contributed by atoms with Crippen LogP contribution >= 0.6 is 15.9 Å². The molecule has 3 aromatic carbocycles. The lowest BCUT2D eigenvalue weighted by Crippen LogP contribution is -2.54. The number of para-hydroxylation sites is 1. The van der Waals surface area contributed by atoms with Crippen molar-refractivity contribution in [2.75, 3.05) is 5.32 Å². The monoisotopic (exact) mass is 521 g/mol. The maximum atomic E-state index is 13.3. The number of hydrogen-bond donors (Lipinski definition) is 2. The third-order valence-electron chi connectivity index (χ3n) is 6.81. The second-order valence-electron chi connectivity index (χ2n) is 8.95. The van der Waals surface area contributed by atoms with E-state index >= 15 is 0 Å². The van der Waals surface area contributed by atoms with Crippen LogP contribution in [0.25, 0.3) is 0 Å². The van der Waals surface area contributed by atoms with Gasteiger partial charge in [-0.2, -0.15) is 0 Å². The first kappa shape index (κ1) is 22.6. The molecule has 5 rings (SSSR count). The molecule has 0 bridgehead atoms. The highest BCUT2D eigenvalue weighted by atomic mass is 79.9. The summed E-state index contributed by atoms with van der Waals surface area (Å²) in [4.78, 5) is 25.5. The van der Waals surface area contributed by atoms with Gasteiger partial charge in [-0.1, -0.05) is 64.0 Å². The van der Waals surface area contributed by atoms with E-state index in [0.29, 0.717) is 29.2 Å². The van der Waals surface area contributed by atoms with Crippen LogP contribution in [0.2, 0.25) is 0 Å². The molecule has 0 aliphatic carbocycles. The Morgan fingerprint density at radius 3 is 2.59 bits per heavy atom. The minimum absolute atomic E-state index is 0.326. The molecule has 2 aliphatic heterocycles. The van der Waals surface area contributed by atoms with Crippen LogP contribution in [0.4, 0.5) is 5.69 Å². The summed E-state index contributed by atoms with van der Waals surface area (Å²) in [7, 11) is 0.